The highest BCUT2D eigenvalue weighted by Gasteiger charge is 2.15. The second-order valence-corrected chi connectivity index (χ2v) is 7.39. The second-order valence-electron chi connectivity index (χ2n) is 7.39. The van der Waals surface area contributed by atoms with Crippen molar-refractivity contribution in [2.45, 2.75) is 6.42 Å². The lowest BCUT2D eigenvalue weighted by Gasteiger charge is -2.11. The van der Waals surface area contributed by atoms with Gasteiger partial charge < -0.3 is 15.6 Å². The molecule has 0 saturated carbocycles. The molecule has 9 nitrogen and oxygen atoms in total. The third-order valence-corrected chi connectivity index (χ3v) is 5.02. The second kappa shape index (κ2) is 9.33. The van der Waals surface area contributed by atoms with Crippen molar-refractivity contribution in [3.8, 4) is 0 Å². The molecule has 3 N–H and O–H groups in total. The number of carbonyl (C=O) groups is 2. The standard InChI is InChI=1S/C24H17FN4O5/c25-15-6-4-14(5-7-15)12-22(30)27-20-2-1-3-21-18(20)13-19(24(32)28-21)23(31)26-16-8-10-17(11-9-16)29(33)34/h1-11,13H,12H2,(H,26,31)(H,27,30)(H,28,32). The van der Waals surface area contributed by atoms with Gasteiger partial charge in [0.05, 0.1) is 22.5 Å². The first kappa shape index (κ1) is 22.3. The third-order valence-electron chi connectivity index (χ3n) is 5.02. The van der Waals surface area contributed by atoms with Crippen LogP contribution in [0.5, 0.6) is 0 Å². The molecule has 170 valence electrons. The Hall–Kier alpha value is -4.86. The number of nitrogens with zero attached hydrogens (tertiary/aromatic N) is 1. The summed E-state index contributed by atoms with van der Waals surface area (Å²) in [6.07, 6.45) is 0.00745. The number of carbonyl (C=O) groups excluding carboxylic acids is 2. The van der Waals surface area contributed by atoms with E-state index in [-0.39, 0.29) is 29.3 Å². The average molecular weight is 460 g/mol. The Morgan fingerprint density at radius 3 is 2.35 bits per heavy atom. The molecule has 0 unspecified atom stereocenters. The van der Waals surface area contributed by atoms with Gasteiger partial charge in [0.1, 0.15) is 11.4 Å². The van der Waals surface area contributed by atoms with Crippen LogP contribution in [-0.4, -0.2) is 21.7 Å². The highest BCUT2D eigenvalue weighted by Crippen LogP contribution is 2.23. The van der Waals surface area contributed by atoms with Gasteiger partial charge in [-0.3, -0.25) is 24.5 Å². The Bertz CT molecular complexity index is 1460. The van der Waals surface area contributed by atoms with Crippen LogP contribution in [0.4, 0.5) is 21.5 Å². The summed E-state index contributed by atoms with van der Waals surface area (Å²) in [7, 11) is 0. The van der Waals surface area contributed by atoms with Gasteiger partial charge in [-0.2, -0.15) is 0 Å². The molecule has 0 aliphatic heterocycles. The normalized spacial score (nSPS) is 10.6. The fraction of sp³-hybridized carbons (Fsp3) is 0.0417. The van der Waals surface area contributed by atoms with E-state index in [1.54, 1.807) is 18.2 Å². The predicted octanol–water partition coefficient (Wildman–Crippen LogP) is 4.01. The quantitative estimate of drug-likeness (QED) is 0.295. The maximum Gasteiger partial charge on any atom is 0.269 e. The topological polar surface area (TPSA) is 134 Å². The smallest absolute Gasteiger partial charge is 0.269 e. The number of aromatic amines is 1. The molecule has 0 bridgehead atoms. The maximum absolute atomic E-state index is 13.1. The van der Waals surface area contributed by atoms with Crippen LogP contribution in [0.3, 0.4) is 0 Å². The van der Waals surface area contributed by atoms with Gasteiger partial charge in [0.25, 0.3) is 17.2 Å². The van der Waals surface area contributed by atoms with Crippen LogP contribution in [0.25, 0.3) is 10.9 Å². The van der Waals surface area contributed by atoms with E-state index in [0.29, 0.717) is 22.2 Å². The highest BCUT2D eigenvalue weighted by molar-refractivity contribution is 6.08. The number of rotatable bonds is 6. The van der Waals surface area contributed by atoms with E-state index in [2.05, 4.69) is 15.6 Å². The minimum absolute atomic E-state index is 0.00745. The van der Waals surface area contributed by atoms with E-state index in [1.807, 2.05) is 0 Å². The third kappa shape index (κ3) is 4.96. The number of hydrogen-bond donors (Lipinski definition) is 3. The molecule has 0 aliphatic carbocycles. The van der Waals surface area contributed by atoms with Crippen LogP contribution in [-0.2, 0) is 11.2 Å². The minimum atomic E-state index is -0.718. The fourth-order valence-corrected chi connectivity index (χ4v) is 3.35. The maximum atomic E-state index is 13.1. The van der Waals surface area contributed by atoms with Crippen LogP contribution < -0.4 is 16.2 Å². The van der Waals surface area contributed by atoms with E-state index in [9.17, 15) is 28.9 Å². The summed E-state index contributed by atoms with van der Waals surface area (Å²) in [6.45, 7) is 0. The van der Waals surface area contributed by atoms with Crippen molar-refractivity contribution < 1.29 is 18.9 Å². The number of anilines is 2. The lowest BCUT2D eigenvalue weighted by molar-refractivity contribution is -0.384. The molecule has 10 heteroatoms. The summed E-state index contributed by atoms with van der Waals surface area (Å²) in [4.78, 5) is 50.5. The number of amides is 2. The van der Waals surface area contributed by atoms with Gasteiger partial charge in [-0.25, -0.2) is 4.39 Å². The SMILES string of the molecule is O=C(Cc1ccc(F)cc1)Nc1cccc2[nH]c(=O)c(C(=O)Nc3ccc([N+](=O)[O-])cc3)cc12. The first-order valence-corrected chi connectivity index (χ1v) is 10.1. The molecular weight excluding hydrogens is 443 g/mol. The zero-order valence-corrected chi connectivity index (χ0v) is 17.5. The van der Waals surface area contributed by atoms with Crippen molar-refractivity contribution in [2.75, 3.05) is 10.6 Å². The van der Waals surface area contributed by atoms with E-state index in [4.69, 9.17) is 0 Å². The van der Waals surface area contributed by atoms with Crippen molar-refractivity contribution in [1.82, 2.24) is 4.98 Å². The number of hydrogen-bond acceptors (Lipinski definition) is 5. The molecule has 0 fully saturated rings. The molecule has 1 aromatic heterocycles. The number of non-ortho nitro benzene ring substituents is 1. The van der Waals surface area contributed by atoms with Crippen molar-refractivity contribution in [3.05, 3.63) is 110 Å². The number of nitro benzene ring substituents is 1. The summed E-state index contributed by atoms with van der Waals surface area (Å²) in [6, 6.07) is 17.0. The molecular formula is C24H17FN4O5. The van der Waals surface area contributed by atoms with Gasteiger partial charge in [0.15, 0.2) is 0 Å². The van der Waals surface area contributed by atoms with Crippen LogP contribution in [0.2, 0.25) is 0 Å². The summed E-state index contributed by atoms with van der Waals surface area (Å²) < 4.78 is 13.1. The number of nitrogens with one attached hydrogen (secondary N) is 3. The Kier molecular flexibility index (Phi) is 6.13. The Balaban J connectivity index is 1.58. The number of pyridine rings is 1. The van der Waals surface area contributed by atoms with Crippen LogP contribution in [0, 0.1) is 15.9 Å². The number of aromatic nitrogens is 1. The number of halogens is 1. The molecule has 0 aliphatic rings. The molecule has 1 heterocycles. The zero-order valence-electron chi connectivity index (χ0n) is 17.5. The van der Waals surface area contributed by atoms with Crippen LogP contribution in [0.1, 0.15) is 15.9 Å². The molecule has 4 aromatic rings. The molecule has 3 aromatic carbocycles. The average Bonchev–Trinajstić information content (AvgIpc) is 2.80. The van der Waals surface area contributed by atoms with Crippen molar-refractivity contribution in [2.24, 2.45) is 0 Å². The fourth-order valence-electron chi connectivity index (χ4n) is 3.35. The Morgan fingerprint density at radius 1 is 0.971 bits per heavy atom. The van der Waals surface area contributed by atoms with Crippen molar-refractivity contribution in [3.63, 3.8) is 0 Å². The first-order valence-electron chi connectivity index (χ1n) is 10.1. The monoisotopic (exact) mass is 460 g/mol. The number of fused-ring (bicyclic) bond motifs is 1. The molecule has 2 amide bonds. The predicted molar refractivity (Wildman–Crippen MR) is 124 cm³/mol. The van der Waals surface area contributed by atoms with E-state index < -0.39 is 22.2 Å². The lowest BCUT2D eigenvalue weighted by Crippen LogP contribution is -2.23. The number of H-pyrrole nitrogens is 1. The van der Waals surface area contributed by atoms with Crippen LogP contribution >= 0.6 is 0 Å². The largest absolute Gasteiger partial charge is 0.325 e. The van der Waals surface area contributed by atoms with E-state index in [1.165, 1.54) is 54.6 Å². The van der Waals surface area contributed by atoms with E-state index in [0.717, 1.165) is 0 Å². The van der Waals surface area contributed by atoms with Gasteiger partial charge in [0.2, 0.25) is 5.91 Å². The highest BCUT2D eigenvalue weighted by atomic mass is 19.1. The molecule has 0 atom stereocenters. The Labute approximate surface area is 191 Å². The van der Waals surface area contributed by atoms with Crippen LogP contribution in [0.15, 0.2) is 77.6 Å². The summed E-state index contributed by atoms with van der Waals surface area (Å²) >= 11 is 0. The van der Waals surface area contributed by atoms with Gasteiger partial charge >= 0.3 is 0 Å². The molecule has 0 spiro atoms. The number of benzene rings is 3. The minimum Gasteiger partial charge on any atom is -0.325 e. The van der Waals surface area contributed by atoms with Gasteiger partial charge in [0, 0.05) is 23.2 Å². The van der Waals surface area contributed by atoms with E-state index >= 15 is 0 Å². The molecule has 4 rings (SSSR count). The van der Waals surface area contributed by atoms with Gasteiger partial charge in [-0.1, -0.05) is 18.2 Å². The summed E-state index contributed by atoms with van der Waals surface area (Å²) in [5, 5.41) is 16.5. The molecule has 0 saturated heterocycles. The van der Waals surface area contributed by atoms with Crippen molar-refractivity contribution >= 4 is 39.8 Å². The Morgan fingerprint density at radius 2 is 1.68 bits per heavy atom. The van der Waals surface area contributed by atoms with Gasteiger partial charge in [-0.15, -0.1) is 0 Å². The first-order chi connectivity index (χ1) is 16.3. The lowest BCUT2D eigenvalue weighted by atomic mass is 10.1. The van der Waals surface area contributed by atoms with Gasteiger partial charge in [-0.05, 0) is 48.0 Å². The molecule has 0 radical (unpaired) electrons. The summed E-state index contributed by atoms with van der Waals surface area (Å²) in [5.41, 5.74) is 0.712. The summed E-state index contributed by atoms with van der Waals surface area (Å²) in [5.74, 6) is -1.48. The van der Waals surface area contributed by atoms with Crippen molar-refractivity contribution in [1.29, 1.82) is 0 Å². The zero-order chi connectivity index (χ0) is 24.2. The molecule has 34 heavy (non-hydrogen) atoms. The number of nitro groups is 1.